The number of hydrogen-bond acceptors (Lipinski definition) is 2. The molecule has 4 aromatic carbocycles. The van der Waals surface area contributed by atoms with E-state index in [1.54, 1.807) is 48.5 Å². The Hall–Kier alpha value is -3.73. The molecular formula is C28H23F3O2. The van der Waals surface area contributed by atoms with Crippen LogP contribution in [0.4, 0.5) is 13.2 Å². The van der Waals surface area contributed by atoms with E-state index in [-0.39, 0.29) is 23.7 Å². The number of halogens is 3. The van der Waals surface area contributed by atoms with E-state index >= 15 is 0 Å². The van der Waals surface area contributed by atoms with E-state index in [1.807, 2.05) is 26.0 Å². The monoisotopic (exact) mass is 448 g/mol. The Labute approximate surface area is 191 Å². The standard InChI is InChI=1S/C28H23F3O2/c1-3-32-22-12-13-23(25(29)16-22)20-10-6-19(7-11-20)17-33-26-15-14-24(27(30)28(26)31)21-8-4-18(2)5-9-21/h4-16H,3,17H2,1-2H3. The lowest BCUT2D eigenvalue weighted by Crippen LogP contribution is -2.00. The molecule has 0 N–H and O–H groups in total. The van der Waals surface area contributed by atoms with E-state index in [0.717, 1.165) is 11.1 Å². The van der Waals surface area contributed by atoms with Crippen molar-refractivity contribution in [2.24, 2.45) is 0 Å². The second-order valence-corrected chi connectivity index (χ2v) is 7.67. The molecule has 0 aliphatic heterocycles. The quantitative estimate of drug-likeness (QED) is 0.288. The van der Waals surface area contributed by atoms with Gasteiger partial charge in [-0.2, -0.15) is 4.39 Å². The molecule has 2 nitrogen and oxygen atoms in total. The van der Waals surface area contributed by atoms with Crippen LogP contribution in [0.25, 0.3) is 22.3 Å². The van der Waals surface area contributed by atoms with Crippen molar-refractivity contribution in [3.05, 3.63) is 107 Å². The minimum atomic E-state index is -1.03. The SMILES string of the molecule is CCOc1ccc(-c2ccc(COc3ccc(-c4ccc(C)cc4)c(F)c3F)cc2)c(F)c1. The Bertz CT molecular complexity index is 1250. The highest BCUT2D eigenvalue weighted by Gasteiger charge is 2.16. The van der Waals surface area contributed by atoms with Gasteiger partial charge in [0.25, 0.3) is 0 Å². The Morgan fingerprint density at radius 3 is 1.97 bits per heavy atom. The summed E-state index contributed by atoms with van der Waals surface area (Å²) >= 11 is 0. The summed E-state index contributed by atoms with van der Waals surface area (Å²) in [7, 11) is 0. The van der Waals surface area contributed by atoms with Crippen LogP contribution in [0.1, 0.15) is 18.1 Å². The molecule has 0 atom stereocenters. The van der Waals surface area contributed by atoms with E-state index in [9.17, 15) is 13.2 Å². The molecule has 0 unspecified atom stereocenters. The lowest BCUT2D eigenvalue weighted by Gasteiger charge is -2.12. The molecule has 0 aliphatic rings. The van der Waals surface area contributed by atoms with Gasteiger partial charge in [-0.05, 0) is 54.8 Å². The second-order valence-electron chi connectivity index (χ2n) is 7.67. The molecule has 0 aliphatic carbocycles. The average Bonchev–Trinajstić information content (AvgIpc) is 2.82. The van der Waals surface area contributed by atoms with Crippen LogP contribution >= 0.6 is 0 Å². The number of hydrogen-bond donors (Lipinski definition) is 0. The first-order valence-corrected chi connectivity index (χ1v) is 10.7. The summed E-state index contributed by atoms with van der Waals surface area (Å²) in [5, 5.41) is 0. The molecule has 5 heteroatoms. The smallest absolute Gasteiger partial charge is 0.201 e. The highest BCUT2D eigenvalue weighted by molar-refractivity contribution is 5.66. The predicted octanol–water partition coefficient (Wildman–Crippen LogP) is 7.72. The number of rotatable bonds is 7. The summed E-state index contributed by atoms with van der Waals surface area (Å²) in [5.74, 6) is -2.04. The van der Waals surface area contributed by atoms with Crippen molar-refractivity contribution in [3.63, 3.8) is 0 Å². The van der Waals surface area contributed by atoms with E-state index in [0.29, 0.717) is 29.0 Å². The van der Waals surface area contributed by atoms with E-state index in [2.05, 4.69) is 0 Å². The van der Waals surface area contributed by atoms with Gasteiger partial charge in [0, 0.05) is 17.2 Å². The third kappa shape index (κ3) is 5.03. The first-order valence-electron chi connectivity index (χ1n) is 10.7. The van der Waals surface area contributed by atoms with Gasteiger partial charge in [-0.15, -0.1) is 0 Å². The van der Waals surface area contributed by atoms with Gasteiger partial charge in [0.05, 0.1) is 6.61 Å². The van der Waals surface area contributed by atoms with Crippen molar-refractivity contribution in [3.8, 4) is 33.8 Å². The largest absolute Gasteiger partial charge is 0.494 e. The molecule has 0 saturated carbocycles. The van der Waals surface area contributed by atoms with Gasteiger partial charge in [-0.25, -0.2) is 8.78 Å². The summed E-state index contributed by atoms with van der Waals surface area (Å²) in [4.78, 5) is 0. The minimum absolute atomic E-state index is 0.0479. The molecule has 0 radical (unpaired) electrons. The molecular weight excluding hydrogens is 425 g/mol. The number of benzene rings is 4. The molecule has 0 bridgehead atoms. The summed E-state index contributed by atoms with van der Waals surface area (Å²) in [6.45, 7) is 4.28. The number of ether oxygens (including phenoxy) is 2. The molecule has 0 heterocycles. The zero-order chi connectivity index (χ0) is 23.4. The normalized spacial score (nSPS) is 10.8. The van der Waals surface area contributed by atoms with Crippen LogP contribution in [-0.4, -0.2) is 6.61 Å². The second kappa shape index (κ2) is 9.82. The van der Waals surface area contributed by atoms with Gasteiger partial charge >= 0.3 is 0 Å². The molecule has 33 heavy (non-hydrogen) atoms. The predicted molar refractivity (Wildman–Crippen MR) is 124 cm³/mol. The Balaban J connectivity index is 1.46. The van der Waals surface area contributed by atoms with Crippen LogP contribution in [0, 0.1) is 24.4 Å². The van der Waals surface area contributed by atoms with Crippen molar-refractivity contribution in [2.45, 2.75) is 20.5 Å². The van der Waals surface area contributed by atoms with Crippen LogP contribution in [0.2, 0.25) is 0 Å². The first-order chi connectivity index (χ1) is 16.0. The third-order valence-corrected chi connectivity index (χ3v) is 5.32. The van der Waals surface area contributed by atoms with Crippen LogP contribution in [0.15, 0.2) is 78.9 Å². The Morgan fingerprint density at radius 2 is 1.30 bits per heavy atom. The highest BCUT2D eigenvalue weighted by Crippen LogP contribution is 2.31. The zero-order valence-corrected chi connectivity index (χ0v) is 18.4. The van der Waals surface area contributed by atoms with E-state index in [4.69, 9.17) is 9.47 Å². The summed E-state index contributed by atoms with van der Waals surface area (Å²) in [6.07, 6.45) is 0. The van der Waals surface area contributed by atoms with Crippen molar-refractivity contribution in [1.82, 2.24) is 0 Å². The summed E-state index contributed by atoms with van der Waals surface area (Å²) < 4.78 is 54.5. The maximum absolute atomic E-state index is 14.6. The molecule has 0 fully saturated rings. The fourth-order valence-electron chi connectivity index (χ4n) is 3.53. The van der Waals surface area contributed by atoms with Gasteiger partial charge in [-0.1, -0.05) is 54.1 Å². The minimum Gasteiger partial charge on any atom is -0.494 e. The molecule has 4 aromatic rings. The molecule has 0 amide bonds. The fraction of sp³-hybridized carbons (Fsp3) is 0.143. The average molecular weight is 448 g/mol. The van der Waals surface area contributed by atoms with Crippen molar-refractivity contribution in [1.29, 1.82) is 0 Å². The van der Waals surface area contributed by atoms with Gasteiger partial charge in [0.1, 0.15) is 18.2 Å². The first kappa shape index (κ1) is 22.5. The molecule has 168 valence electrons. The van der Waals surface area contributed by atoms with Gasteiger partial charge in [-0.3, -0.25) is 0 Å². The fourth-order valence-corrected chi connectivity index (χ4v) is 3.53. The highest BCUT2D eigenvalue weighted by atomic mass is 19.2. The van der Waals surface area contributed by atoms with Crippen LogP contribution in [0.5, 0.6) is 11.5 Å². The Kier molecular flexibility index (Phi) is 6.68. The molecule has 4 rings (SSSR count). The van der Waals surface area contributed by atoms with Gasteiger partial charge in [0.2, 0.25) is 5.82 Å². The topological polar surface area (TPSA) is 18.5 Å². The van der Waals surface area contributed by atoms with Gasteiger partial charge in [0.15, 0.2) is 11.6 Å². The zero-order valence-electron chi connectivity index (χ0n) is 18.4. The Morgan fingerprint density at radius 1 is 0.667 bits per heavy atom. The van der Waals surface area contributed by atoms with Gasteiger partial charge < -0.3 is 9.47 Å². The van der Waals surface area contributed by atoms with Crippen molar-refractivity contribution >= 4 is 0 Å². The van der Waals surface area contributed by atoms with Crippen molar-refractivity contribution < 1.29 is 22.6 Å². The number of aryl methyl sites for hydroxylation is 1. The molecule has 0 spiro atoms. The van der Waals surface area contributed by atoms with Crippen LogP contribution in [-0.2, 0) is 6.61 Å². The van der Waals surface area contributed by atoms with Crippen molar-refractivity contribution in [2.75, 3.05) is 6.61 Å². The van der Waals surface area contributed by atoms with Crippen LogP contribution in [0.3, 0.4) is 0 Å². The maximum atomic E-state index is 14.6. The maximum Gasteiger partial charge on any atom is 0.201 e. The summed E-state index contributed by atoms with van der Waals surface area (Å²) in [5.41, 5.74) is 3.70. The van der Waals surface area contributed by atoms with Crippen LogP contribution < -0.4 is 9.47 Å². The lowest BCUT2D eigenvalue weighted by atomic mass is 10.0. The molecule has 0 aromatic heterocycles. The molecule has 0 saturated heterocycles. The summed E-state index contributed by atoms with van der Waals surface area (Å²) in [6, 6.07) is 21.9. The van der Waals surface area contributed by atoms with E-state index < -0.39 is 11.6 Å². The van der Waals surface area contributed by atoms with E-state index in [1.165, 1.54) is 18.2 Å². The third-order valence-electron chi connectivity index (χ3n) is 5.32. The lowest BCUT2D eigenvalue weighted by molar-refractivity contribution is 0.285.